The van der Waals surface area contributed by atoms with Crippen LogP contribution in [0.5, 0.6) is 0 Å². The first-order chi connectivity index (χ1) is 11.4. The van der Waals surface area contributed by atoms with E-state index in [1.165, 1.54) is 75.5 Å². The lowest BCUT2D eigenvalue weighted by Crippen LogP contribution is -2.35. The van der Waals surface area contributed by atoms with Gasteiger partial charge in [0.05, 0.1) is 0 Å². The van der Waals surface area contributed by atoms with E-state index in [0.29, 0.717) is 6.04 Å². The number of aromatic nitrogens is 1. The quantitative estimate of drug-likeness (QED) is 0.742. The summed E-state index contributed by atoms with van der Waals surface area (Å²) in [6.07, 6.45) is 11.4. The monoisotopic (exact) mass is 313 g/mol. The molecule has 1 fully saturated rings. The van der Waals surface area contributed by atoms with Crippen molar-refractivity contribution in [1.82, 2.24) is 9.47 Å². The van der Waals surface area contributed by atoms with Gasteiger partial charge in [-0.3, -0.25) is 0 Å². The van der Waals surface area contributed by atoms with E-state index >= 15 is 0 Å². The summed E-state index contributed by atoms with van der Waals surface area (Å²) in [5.41, 5.74) is 6.93. The highest BCUT2D eigenvalue weighted by Crippen LogP contribution is 2.27. The normalized spacial score (nSPS) is 17.1. The fraction of sp³-hybridized carbons (Fsp3) is 0.600. The van der Waals surface area contributed by atoms with Gasteiger partial charge in [0.2, 0.25) is 0 Å². The number of piperidine rings is 1. The van der Waals surface area contributed by atoms with Gasteiger partial charge in [0.15, 0.2) is 0 Å². The van der Waals surface area contributed by atoms with Crippen LogP contribution in [0.25, 0.3) is 10.9 Å². The lowest BCUT2D eigenvalue weighted by atomic mass is 10.0. The molecule has 0 unspecified atom stereocenters. The van der Waals surface area contributed by atoms with Gasteiger partial charge in [0.1, 0.15) is 0 Å². The number of rotatable bonds is 8. The maximum absolute atomic E-state index is 5.54. The average Bonchev–Trinajstić information content (AvgIpc) is 3.03. The number of hydrogen-bond donors (Lipinski definition) is 1. The summed E-state index contributed by atoms with van der Waals surface area (Å²) in [6.45, 7) is 4.63. The minimum absolute atomic E-state index is 0.677. The average molecular weight is 313 g/mol. The maximum Gasteiger partial charge on any atom is 0.0482 e. The largest absolute Gasteiger partial charge is 0.344 e. The number of benzene rings is 1. The second-order valence-corrected chi connectivity index (χ2v) is 6.91. The molecule has 0 radical (unpaired) electrons. The second-order valence-electron chi connectivity index (χ2n) is 6.91. The third-order valence-corrected chi connectivity index (χ3v) is 5.26. The van der Waals surface area contributed by atoms with Gasteiger partial charge in [-0.2, -0.15) is 0 Å². The third-order valence-electron chi connectivity index (χ3n) is 5.26. The Morgan fingerprint density at radius 2 is 1.65 bits per heavy atom. The molecule has 2 aromatic rings. The van der Waals surface area contributed by atoms with E-state index in [0.717, 1.165) is 6.54 Å². The molecule has 0 saturated carbocycles. The summed E-state index contributed by atoms with van der Waals surface area (Å²) >= 11 is 0. The van der Waals surface area contributed by atoms with Gasteiger partial charge >= 0.3 is 0 Å². The molecule has 0 bridgehead atoms. The van der Waals surface area contributed by atoms with Crippen LogP contribution in [-0.4, -0.2) is 35.6 Å². The summed E-state index contributed by atoms with van der Waals surface area (Å²) in [5, 5.41) is 1.37. The van der Waals surface area contributed by atoms with Gasteiger partial charge in [0.25, 0.3) is 0 Å². The zero-order valence-electron chi connectivity index (χ0n) is 14.3. The van der Waals surface area contributed by atoms with Crippen LogP contribution in [-0.2, 0) is 0 Å². The molecule has 3 nitrogen and oxygen atoms in total. The highest BCUT2D eigenvalue weighted by Gasteiger charge is 2.20. The lowest BCUT2D eigenvalue weighted by Gasteiger charge is -2.33. The SMILES string of the molecule is NCCCCCCCN1CCC(n2ccc3ccccc32)CC1. The minimum atomic E-state index is 0.677. The van der Waals surface area contributed by atoms with Gasteiger partial charge in [-0.15, -0.1) is 0 Å². The third kappa shape index (κ3) is 4.36. The van der Waals surface area contributed by atoms with Crippen molar-refractivity contribution < 1.29 is 0 Å². The molecule has 0 aliphatic carbocycles. The highest BCUT2D eigenvalue weighted by molar-refractivity contribution is 5.80. The summed E-state index contributed by atoms with van der Waals surface area (Å²) in [4.78, 5) is 2.66. The first-order valence-corrected chi connectivity index (χ1v) is 9.36. The van der Waals surface area contributed by atoms with E-state index < -0.39 is 0 Å². The van der Waals surface area contributed by atoms with Crippen LogP contribution in [0.2, 0.25) is 0 Å². The number of unbranched alkanes of at least 4 members (excludes halogenated alkanes) is 4. The van der Waals surface area contributed by atoms with Gasteiger partial charge in [0, 0.05) is 30.8 Å². The second kappa shape index (κ2) is 8.51. The Bertz CT molecular complexity index is 581. The number of fused-ring (bicyclic) bond motifs is 1. The lowest BCUT2D eigenvalue weighted by molar-refractivity contribution is 0.185. The van der Waals surface area contributed by atoms with Crippen molar-refractivity contribution in [2.24, 2.45) is 5.73 Å². The van der Waals surface area contributed by atoms with E-state index in [4.69, 9.17) is 5.73 Å². The van der Waals surface area contributed by atoms with Crippen molar-refractivity contribution in [3.63, 3.8) is 0 Å². The number of likely N-dealkylation sites (tertiary alicyclic amines) is 1. The summed E-state index contributed by atoms with van der Waals surface area (Å²) in [7, 11) is 0. The topological polar surface area (TPSA) is 34.2 Å². The molecule has 0 amide bonds. The molecule has 2 heterocycles. The number of para-hydroxylation sites is 1. The van der Waals surface area contributed by atoms with Crippen LogP contribution in [0.15, 0.2) is 36.5 Å². The van der Waals surface area contributed by atoms with E-state index in [9.17, 15) is 0 Å². The standard InChI is InChI=1S/C20H31N3/c21-13-6-2-1-3-7-14-22-15-11-19(12-16-22)23-17-10-18-8-4-5-9-20(18)23/h4-5,8-10,17,19H,1-3,6-7,11-16,21H2. The summed E-state index contributed by atoms with van der Waals surface area (Å²) < 4.78 is 2.50. The van der Waals surface area contributed by atoms with Crippen LogP contribution in [0.3, 0.4) is 0 Å². The number of nitrogens with zero attached hydrogens (tertiary/aromatic N) is 2. The first kappa shape index (κ1) is 16.5. The molecular weight excluding hydrogens is 282 g/mol. The van der Waals surface area contributed by atoms with Crippen LogP contribution in [0.4, 0.5) is 0 Å². The van der Waals surface area contributed by atoms with Crippen molar-refractivity contribution in [3.8, 4) is 0 Å². The van der Waals surface area contributed by atoms with E-state index in [2.05, 4.69) is 46.0 Å². The molecule has 3 heteroatoms. The van der Waals surface area contributed by atoms with Gasteiger partial charge in [-0.25, -0.2) is 0 Å². The Kier molecular flexibility index (Phi) is 6.12. The Balaban J connectivity index is 1.42. The predicted octanol–water partition coefficient (Wildman–Crippen LogP) is 4.19. The molecule has 1 saturated heterocycles. The first-order valence-electron chi connectivity index (χ1n) is 9.36. The molecule has 1 aliphatic heterocycles. The van der Waals surface area contributed by atoms with Gasteiger partial charge in [-0.1, -0.05) is 37.5 Å². The highest BCUT2D eigenvalue weighted by atomic mass is 15.1. The van der Waals surface area contributed by atoms with Crippen LogP contribution in [0, 0.1) is 0 Å². The van der Waals surface area contributed by atoms with E-state index in [1.54, 1.807) is 0 Å². The predicted molar refractivity (Wildman–Crippen MR) is 98.8 cm³/mol. The fourth-order valence-corrected chi connectivity index (χ4v) is 3.85. The van der Waals surface area contributed by atoms with Crippen LogP contribution < -0.4 is 5.73 Å². The van der Waals surface area contributed by atoms with E-state index in [-0.39, 0.29) is 0 Å². The zero-order valence-corrected chi connectivity index (χ0v) is 14.3. The van der Waals surface area contributed by atoms with Crippen molar-refractivity contribution in [1.29, 1.82) is 0 Å². The molecule has 1 aromatic carbocycles. The molecule has 23 heavy (non-hydrogen) atoms. The molecular formula is C20H31N3. The number of hydrogen-bond acceptors (Lipinski definition) is 2. The van der Waals surface area contributed by atoms with Gasteiger partial charge in [-0.05, 0) is 56.3 Å². The minimum Gasteiger partial charge on any atom is -0.344 e. The Labute approximate surface area is 140 Å². The van der Waals surface area contributed by atoms with E-state index in [1.807, 2.05) is 0 Å². The van der Waals surface area contributed by atoms with Gasteiger partial charge < -0.3 is 15.2 Å². The fourth-order valence-electron chi connectivity index (χ4n) is 3.85. The van der Waals surface area contributed by atoms with Crippen molar-refractivity contribution >= 4 is 10.9 Å². The van der Waals surface area contributed by atoms with Crippen molar-refractivity contribution in [2.45, 2.75) is 51.0 Å². The number of nitrogens with two attached hydrogens (primary N) is 1. The Hall–Kier alpha value is -1.32. The molecule has 126 valence electrons. The smallest absolute Gasteiger partial charge is 0.0482 e. The van der Waals surface area contributed by atoms with Crippen LogP contribution in [0.1, 0.15) is 51.0 Å². The Morgan fingerprint density at radius 3 is 2.48 bits per heavy atom. The molecule has 0 atom stereocenters. The summed E-state index contributed by atoms with van der Waals surface area (Å²) in [6, 6.07) is 11.7. The van der Waals surface area contributed by atoms with Crippen LogP contribution >= 0.6 is 0 Å². The molecule has 1 aromatic heterocycles. The van der Waals surface area contributed by atoms with Crippen molar-refractivity contribution in [3.05, 3.63) is 36.5 Å². The summed E-state index contributed by atoms with van der Waals surface area (Å²) in [5.74, 6) is 0. The van der Waals surface area contributed by atoms with Crippen molar-refractivity contribution in [2.75, 3.05) is 26.2 Å². The Morgan fingerprint density at radius 1 is 0.913 bits per heavy atom. The zero-order chi connectivity index (χ0) is 15.9. The maximum atomic E-state index is 5.54. The molecule has 0 spiro atoms. The molecule has 3 rings (SSSR count). The molecule has 2 N–H and O–H groups in total. The molecule has 1 aliphatic rings.